The van der Waals surface area contributed by atoms with Gasteiger partial charge in [0.15, 0.2) is 11.7 Å². The zero-order valence-electron chi connectivity index (χ0n) is 15.4. The van der Waals surface area contributed by atoms with E-state index in [0.29, 0.717) is 17.3 Å². The number of pyridine rings is 2. The summed E-state index contributed by atoms with van der Waals surface area (Å²) in [7, 11) is 1.94. The number of rotatable bonds is 5. The fraction of sp³-hybridized carbons (Fsp3) is 0.250. The number of hydrogen-bond donors (Lipinski definition) is 0. The Morgan fingerprint density at radius 3 is 2.74 bits per heavy atom. The van der Waals surface area contributed by atoms with Gasteiger partial charge in [0.25, 0.3) is 0 Å². The molecule has 7 heteroatoms. The van der Waals surface area contributed by atoms with Gasteiger partial charge in [0.2, 0.25) is 0 Å². The Labute approximate surface area is 156 Å². The van der Waals surface area contributed by atoms with Crippen LogP contribution in [0.3, 0.4) is 0 Å². The van der Waals surface area contributed by atoms with Crippen LogP contribution < -0.4 is 0 Å². The van der Waals surface area contributed by atoms with E-state index in [-0.39, 0.29) is 18.1 Å². The highest BCUT2D eigenvalue weighted by Gasteiger charge is 2.16. The van der Waals surface area contributed by atoms with Gasteiger partial charge in [-0.25, -0.2) is 9.97 Å². The molecule has 4 aromatic rings. The van der Waals surface area contributed by atoms with Crippen molar-refractivity contribution in [2.45, 2.75) is 26.2 Å². The molecule has 4 rings (SSSR count). The summed E-state index contributed by atoms with van der Waals surface area (Å²) < 4.78 is 7.29. The Hall–Kier alpha value is -3.35. The van der Waals surface area contributed by atoms with Crippen LogP contribution in [0.4, 0.5) is 0 Å². The van der Waals surface area contributed by atoms with Crippen molar-refractivity contribution in [2.24, 2.45) is 7.05 Å². The van der Waals surface area contributed by atoms with E-state index in [4.69, 9.17) is 4.42 Å². The highest BCUT2D eigenvalue weighted by molar-refractivity contribution is 5.95. The Morgan fingerprint density at radius 2 is 2.04 bits per heavy atom. The molecule has 0 radical (unpaired) electrons. The highest BCUT2D eigenvalue weighted by Crippen LogP contribution is 2.22. The molecule has 4 heterocycles. The van der Waals surface area contributed by atoms with Crippen molar-refractivity contribution in [3.8, 4) is 11.3 Å². The lowest BCUT2D eigenvalue weighted by atomic mass is 10.1. The number of hydrogen-bond acceptors (Lipinski definition) is 6. The molecule has 0 atom stereocenters. The highest BCUT2D eigenvalue weighted by atomic mass is 16.3. The lowest BCUT2D eigenvalue weighted by Crippen LogP contribution is -2.06. The molecule has 7 nitrogen and oxygen atoms in total. The monoisotopic (exact) mass is 361 g/mol. The van der Waals surface area contributed by atoms with Gasteiger partial charge < -0.3 is 8.98 Å². The molecule has 0 bridgehead atoms. The smallest absolute Gasteiger partial charge is 0.197 e. The number of aryl methyl sites for hydroxylation is 1. The first-order valence-corrected chi connectivity index (χ1v) is 8.71. The number of ketones is 1. The zero-order valence-corrected chi connectivity index (χ0v) is 15.4. The second-order valence-corrected chi connectivity index (χ2v) is 6.81. The van der Waals surface area contributed by atoms with Crippen molar-refractivity contribution in [2.75, 3.05) is 0 Å². The van der Waals surface area contributed by atoms with E-state index < -0.39 is 0 Å². The second kappa shape index (κ2) is 6.75. The second-order valence-electron chi connectivity index (χ2n) is 6.81. The summed E-state index contributed by atoms with van der Waals surface area (Å²) >= 11 is 0. The Balaban J connectivity index is 1.62. The molecule has 0 aliphatic carbocycles. The quantitative estimate of drug-likeness (QED) is 0.505. The van der Waals surface area contributed by atoms with Gasteiger partial charge in [0, 0.05) is 35.8 Å². The lowest BCUT2D eigenvalue weighted by molar-refractivity contribution is 0.0987. The van der Waals surface area contributed by atoms with Crippen LogP contribution in [0.2, 0.25) is 0 Å². The van der Waals surface area contributed by atoms with E-state index in [1.54, 1.807) is 24.9 Å². The van der Waals surface area contributed by atoms with Gasteiger partial charge in [0.1, 0.15) is 12.0 Å². The molecule has 0 saturated carbocycles. The number of imidazole rings is 1. The molecule has 0 aromatic carbocycles. The maximum atomic E-state index is 12.5. The summed E-state index contributed by atoms with van der Waals surface area (Å²) in [5.74, 6) is 0.588. The number of oxazole rings is 1. The molecular weight excluding hydrogens is 342 g/mol. The van der Waals surface area contributed by atoms with E-state index >= 15 is 0 Å². The SMILES string of the molecule is CC(C)c1nc(C(=O)Cc2cc3cc(-c4cncn4C)cnc3cn2)co1. The van der Waals surface area contributed by atoms with Crippen LogP contribution in [-0.2, 0) is 13.5 Å². The van der Waals surface area contributed by atoms with Gasteiger partial charge >= 0.3 is 0 Å². The first-order valence-electron chi connectivity index (χ1n) is 8.71. The Bertz CT molecular complexity index is 1130. The van der Waals surface area contributed by atoms with E-state index in [2.05, 4.69) is 19.9 Å². The van der Waals surface area contributed by atoms with Crippen molar-refractivity contribution in [1.29, 1.82) is 0 Å². The molecule has 4 aromatic heterocycles. The van der Waals surface area contributed by atoms with E-state index in [9.17, 15) is 4.79 Å². The first-order chi connectivity index (χ1) is 13.0. The molecule has 136 valence electrons. The van der Waals surface area contributed by atoms with Crippen molar-refractivity contribution >= 4 is 16.7 Å². The molecule has 0 fully saturated rings. The fourth-order valence-electron chi connectivity index (χ4n) is 2.88. The van der Waals surface area contributed by atoms with Crippen LogP contribution in [0, 0.1) is 0 Å². The number of nitrogens with zero attached hydrogens (tertiary/aromatic N) is 5. The minimum atomic E-state index is -0.117. The van der Waals surface area contributed by atoms with E-state index in [1.165, 1.54) is 6.26 Å². The van der Waals surface area contributed by atoms with Gasteiger partial charge in [-0.1, -0.05) is 13.8 Å². The Kier molecular flexibility index (Phi) is 4.27. The van der Waals surface area contributed by atoms with Gasteiger partial charge in [-0.05, 0) is 12.1 Å². The molecule has 0 amide bonds. The lowest BCUT2D eigenvalue weighted by Gasteiger charge is -2.05. The molecule has 0 aliphatic heterocycles. The van der Waals surface area contributed by atoms with Crippen LogP contribution in [0.25, 0.3) is 22.2 Å². The van der Waals surface area contributed by atoms with E-state index in [1.807, 2.05) is 37.6 Å². The van der Waals surface area contributed by atoms with Gasteiger partial charge in [-0.2, -0.15) is 0 Å². The predicted molar refractivity (Wildman–Crippen MR) is 100 cm³/mol. The molecule has 0 unspecified atom stereocenters. The minimum Gasteiger partial charge on any atom is -0.448 e. The number of fused-ring (bicyclic) bond motifs is 1. The largest absolute Gasteiger partial charge is 0.448 e. The minimum absolute atomic E-state index is 0.117. The average Bonchev–Trinajstić information content (AvgIpc) is 3.30. The van der Waals surface area contributed by atoms with Crippen molar-refractivity contribution in [3.63, 3.8) is 0 Å². The standard InChI is InChI=1S/C20H19N5O2/c1-12(2)20-24-17(10-27-20)19(26)6-15-5-13-4-14(7-23-16(13)8-22-15)18-9-21-11-25(18)3/h4-5,7-12H,6H2,1-3H3. The number of carbonyl (C=O) groups is 1. The normalized spacial score (nSPS) is 11.4. The third-order valence-corrected chi connectivity index (χ3v) is 4.38. The zero-order chi connectivity index (χ0) is 19.0. The third kappa shape index (κ3) is 3.36. The number of carbonyl (C=O) groups excluding carboxylic acids is 1. The van der Waals surface area contributed by atoms with Crippen LogP contribution in [0.5, 0.6) is 0 Å². The van der Waals surface area contributed by atoms with Crippen LogP contribution in [0.1, 0.15) is 41.8 Å². The maximum absolute atomic E-state index is 12.5. The van der Waals surface area contributed by atoms with Crippen molar-refractivity contribution in [1.82, 2.24) is 24.5 Å². The van der Waals surface area contributed by atoms with Gasteiger partial charge in [0.05, 0.1) is 36.4 Å². The van der Waals surface area contributed by atoms with Crippen molar-refractivity contribution < 1.29 is 9.21 Å². The summed E-state index contributed by atoms with van der Waals surface area (Å²) in [5, 5.41) is 0.925. The molecular formula is C20H19N5O2. The Morgan fingerprint density at radius 1 is 1.19 bits per heavy atom. The van der Waals surface area contributed by atoms with Crippen LogP contribution >= 0.6 is 0 Å². The topological polar surface area (TPSA) is 86.7 Å². The predicted octanol–water partition coefficient (Wildman–Crippen LogP) is 3.57. The maximum Gasteiger partial charge on any atom is 0.197 e. The third-order valence-electron chi connectivity index (χ3n) is 4.38. The summed E-state index contributed by atoms with van der Waals surface area (Å²) in [4.78, 5) is 29.7. The first kappa shape index (κ1) is 17.1. The number of aromatic nitrogens is 5. The average molecular weight is 361 g/mol. The molecule has 0 saturated heterocycles. The molecule has 0 spiro atoms. The van der Waals surface area contributed by atoms with Crippen LogP contribution in [0.15, 0.2) is 47.7 Å². The molecule has 0 aliphatic rings. The number of Topliss-reactive ketones (excluding diaryl/α,β-unsaturated/α-hetero) is 1. The van der Waals surface area contributed by atoms with Crippen LogP contribution in [-0.4, -0.2) is 30.3 Å². The summed E-state index contributed by atoms with van der Waals surface area (Å²) in [6.45, 7) is 3.94. The summed E-state index contributed by atoms with van der Waals surface area (Å²) in [5.41, 5.74) is 3.72. The van der Waals surface area contributed by atoms with Gasteiger partial charge in [-0.3, -0.25) is 14.8 Å². The summed E-state index contributed by atoms with van der Waals surface area (Å²) in [6, 6.07) is 3.92. The van der Waals surface area contributed by atoms with Crippen molar-refractivity contribution in [3.05, 3.63) is 60.6 Å². The van der Waals surface area contributed by atoms with E-state index in [0.717, 1.165) is 22.2 Å². The molecule has 27 heavy (non-hydrogen) atoms. The molecule has 0 N–H and O–H groups in total. The summed E-state index contributed by atoms with van der Waals surface area (Å²) in [6.07, 6.45) is 8.61. The fourth-order valence-corrected chi connectivity index (χ4v) is 2.88. The van der Waals surface area contributed by atoms with Gasteiger partial charge in [-0.15, -0.1) is 0 Å².